The van der Waals surface area contributed by atoms with Crippen LogP contribution in [0.3, 0.4) is 0 Å². The van der Waals surface area contributed by atoms with Gasteiger partial charge in [-0.15, -0.1) is 10.2 Å². The van der Waals surface area contributed by atoms with Crippen LogP contribution in [0.15, 0.2) is 59.2 Å². The van der Waals surface area contributed by atoms with Crippen LogP contribution in [0.4, 0.5) is 5.69 Å². The molecule has 0 fully saturated rings. The van der Waals surface area contributed by atoms with Gasteiger partial charge in [-0.3, -0.25) is 4.79 Å². The van der Waals surface area contributed by atoms with E-state index in [-0.39, 0.29) is 11.7 Å². The van der Waals surface area contributed by atoms with Crippen LogP contribution in [0.2, 0.25) is 5.02 Å². The van der Waals surface area contributed by atoms with Gasteiger partial charge in [0, 0.05) is 10.7 Å². The highest BCUT2D eigenvalue weighted by Crippen LogP contribution is 2.23. The van der Waals surface area contributed by atoms with Crippen molar-refractivity contribution in [2.75, 3.05) is 5.32 Å². The monoisotopic (exact) mass is 352 g/mol. The first kappa shape index (κ1) is 15.4. The van der Waals surface area contributed by atoms with Crippen LogP contribution in [0.25, 0.3) is 16.7 Å². The summed E-state index contributed by atoms with van der Waals surface area (Å²) in [5, 5.41) is 12.4. The Balaban J connectivity index is 1.69. The zero-order valence-electron chi connectivity index (χ0n) is 13.2. The van der Waals surface area contributed by atoms with Crippen LogP contribution < -0.4 is 5.32 Å². The lowest BCUT2D eigenvalue weighted by Crippen LogP contribution is -2.11. The van der Waals surface area contributed by atoms with Gasteiger partial charge in [0.05, 0.1) is 12.0 Å². The largest absolute Gasteiger partial charge is 0.459 e. The van der Waals surface area contributed by atoms with E-state index in [2.05, 4.69) is 15.5 Å². The van der Waals surface area contributed by atoms with Crippen LogP contribution in [0, 0.1) is 6.92 Å². The van der Waals surface area contributed by atoms with Gasteiger partial charge in [0.2, 0.25) is 0 Å². The predicted octanol–water partition coefficient (Wildman–Crippen LogP) is 4.23. The van der Waals surface area contributed by atoms with Gasteiger partial charge in [0.25, 0.3) is 5.91 Å². The molecule has 0 bridgehead atoms. The smallest absolute Gasteiger partial charge is 0.291 e. The van der Waals surface area contributed by atoms with Crippen molar-refractivity contribution in [3.8, 4) is 5.69 Å². The van der Waals surface area contributed by atoms with Crippen molar-refractivity contribution in [3.63, 3.8) is 0 Å². The molecule has 0 saturated carbocycles. The Bertz CT molecular complexity index is 1050. The fraction of sp³-hybridized carbons (Fsp3) is 0.0556. The van der Waals surface area contributed by atoms with Crippen LogP contribution in [0.5, 0.6) is 0 Å². The Labute approximate surface area is 148 Å². The van der Waals surface area contributed by atoms with Crippen LogP contribution in [-0.2, 0) is 0 Å². The van der Waals surface area contributed by atoms with Gasteiger partial charge in [0.1, 0.15) is 11.0 Å². The summed E-state index contributed by atoms with van der Waals surface area (Å²) in [6.45, 7) is 1.90. The second-order valence-corrected chi connectivity index (χ2v) is 5.99. The van der Waals surface area contributed by atoms with E-state index in [0.717, 1.165) is 16.8 Å². The predicted molar refractivity (Wildman–Crippen MR) is 95.3 cm³/mol. The average molecular weight is 353 g/mol. The van der Waals surface area contributed by atoms with E-state index >= 15 is 0 Å². The minimum atomic E-state index is -0.308. The van der Waals surface area contributed by atoms with Crippen molar-refractivity contribution < 1.29 is 9.21 Å². The molecule has 0 atom stereocenters. The van der Waals surface area contributed by atoms with Gasteiger partial charge in [-0.1, -0.05) is 11.6 Å². The molecule has 0 aliphatic carbocycles. The number of benzene rings is 2. The Morgan fingerprint density at radius 2 is 1.84 bits per heavy atom. The lowest BCUT2D eigenvalue weighted by Gasteiger charge is -2.06. The summed E-state index contributed by atoms with van der Waals surface area (Å²) in [5.41, 5.74) is 3.77. The Kier molecular flexibility index (Phi) is 3.74. The molecule has 2 aromatic carbocycles. The summed E-state index contributed by atoms with van der Waals surface area (Å²) in [7, 11) is 0. The zero-order valence-corrected chi connectivity index (χ0v) is 14.0. The number of amides is 1. The van der Waals surface area contributed by atoms with E-state index in [9.17, 15) is 4.79 Å². The maximum absolute atomic E-state index is 12.2. The summed E-state index contributed by atoms with van der Waals surface area (Å²) >= 11 is 5.91. The molecule has 1 amide bonds. The molecular formula is C18H13ClN4O2. The topological polar surface area (TPSA) is 73.0 Å². The summed E-state index contributed by atoms with van der Waals surface area (Å²) < 4.78 is 5.11. The van der Waals surface area contributed by atoms with Gasteiger partial charge in [-0.25, -0.2) is 0 Å². The number of halogens is 1. The highest BCUT2D eigenvalue weighted by atomic mass is 35.5. The number of rotatable bonds is 3. The van der Waals surface area contributed by atoms with Crippen LogP contribution in [-0.4, -0.2) is 20.9 Å². The zero-order chi connectivity index (χ0) is 17.4. The van der Waals surface area contributed by atoms with E-state index in [1.54, 1.807) is 35.1 Å². The number of nitrogens with zero attached hydrogens (tertiary/aromatic N) is 3. The van der Waals surface area contributed by atoms with Crippen molar-refractivity contribution in [1.29, 1.82) is 0 Å². The molecule has 0 radical (unpaired) electrons. The normalized spacial score (nSPS) is 11.0. The summed E-state index contributed by atoms with van der Waals surface area (Å²) in [5.74, 6) is -0.0538. The lowest BCUT2D eigenvalue weighted by molar-refractivity contribution is 0.0996. The van der Waals surface area contributed by atoms with Crippen molar-refractivity contribution in [3.05, 3.63) is 71.1 Å². The Hall–Kier alpha value is -3.12. The van der Waals surface area contributed by atoms with Gasteiger partial charge >= 0.3 is 0 Å². The summed E-state index contributed by atoms with van der Waals surface area (Å²) in [6.07, 6.45) is 1.46. The molecule has 25 heavy (non-hydrogen) atoms. The molecule has 0 unspecified atom stereocenters. The number of hydrogen-bond acceptors (Lipinski definition) is 4. The molecule has 2 aromatic heterocycles. The molecule has 0 spiro atoms. The highest BCUT2D eigenvalue weighted by molar-refractivity contribution is 6.30. The van der Waals surface area contributed by atoms with Crippen molar-refractivity contribution in [2.45, 2.75) is 6.92 Å². The first-order chi connectivity index (χ1) is 12.1. The molecule has 124 valence electrons. The van der Waals surface area contributed by atoms with Crippen molar-refractivity contribution >= 4 is 34.2 Å². The average Bonchev–Trinajstić information content (AvgIpc) is 3.25. The third kappa shape index (κ3) is 2.99. The molecule has 6 nitrogen and oxygen atoms in total. The van der Waals surface area contributed by atoms with Crippen LogP contribution in [0.1, 0.15) is 16.1 Å². The molecule has 7 heteroatoms. The molecular weight excluding hydrogens is 340 g/mol. The number of fused-ring (bicyclic) bond motifs is 1. The maximum atomic E-state index is 12.2. The van der Waals surface area contributed by atoms with E-state index in [1.807, 2.05) is 25.1 Å². The second kappa shape index (κ2) is 6.07. The van der Waals surface area contributed by atoms with Crippen molar-refractivity contribution in [2.24, 2.45) is 0 Å². The van der Waals surface area contributed by atoms with E-state index in [1.165, 1.54) is 6.26 Å². The molecule has 2 heterocycles. The summed E-state index contributed by atoms with van der Waals surface area (Å²) in [4.78, 5) is 13.7. The highest BCUT2D eigenvalue weighted by Gasteiger charge is 2.13. The molecule has 4 aromatic rings. The second-order valence-electron chi connectivity index (χ2n) is 5.55. The minimum Gasteiger partial charge on any atom is -0.459 e. The van der Waals surface area contributed by atoms with Crippen molar-refractivity contribution in [1.82, 2.24) is 15.0 Å². The number of nitrogens with one attached hydrogen (secondary N) is 1. The number of anilines is 1. The Morgan fingerprint density at radius 1 is 1.12 bits per heavy atom. The number of carbonyl (C=O) groups is 1. The van der Waals surface area contributed by atoms with E-state index in [4.69, 9.17) is 16.0 Å². The van der Waals surface area contributed by atoms with E-state index in [0.29, 0.717) is 16.2 Å². The first-order valence-electron chi connectivity index (χ1n) is 7.59. The third-order valence-corrected chi connectivity index (χ3v) is 4.03. The van der Waals surface area contributed by atoms with Gasteiger partial charge in [-0.2, -0.15) is 4.80 Å². The lowest BCUT2D eigenvalue weighted by atomic mass is 10.1. The van der Waals surface area contributed by atoms with Crippen LogP contribution >= 0.6 is 11.6 Å². The number of furan rings is 1. The molecule has 0 aliphatic rings. The maximum Gasteiger partial charge on any atom is 0.291 e. The first-order valence-corrected chi connectivity index (χ1v) is 7.96. The van der Waals surface area contributed by atoms with E-state index < -0.39 is 0 Å². The molecule has 1 N–H and O–H groups in total. The number of hydrogen-bond donors (Lipinski definition) is 1. The fourth-order valence-electron chi connectivity index (χ4n) is 2.48. The van der Waals surface area contributed by atoms with Gasteiger partial charge in [0.15, 0.2) is 5.76 Å². The quantitative estimate of drug-likeness (QED) is 0.599. The number of aryl methyl sites for hydroxylation is 1. The molecule has 0 saturated heterocycles. The number of aromatic nitrogens is 3. The summed E-state index contributed by atoms with van der Waals surface area (Å²) in [6, 6.07) is 14.2. The third-order valence-electron chi connectivity index (χ3n) is 3.78. The van der Waals surface area contributed by atoms with Gasteiger partial charge in [-0.05, 0) is 61.0 Å². The van der Waals surface area contributed by atoms with Gasteiger partial charge < -0.3 is 9.73 Å². The minimum absolute atomic E-state index is 0.254. The SMILES string of the molecule is Cc1cc2nn(-c3ccc(Cl)cc3)nc2cc1NC(=O)c1ccco1. The fourth-order valence-corrected chi connectivity index (χ4v) is 2.61. The molecule has 4 rings (SSSR count). The Morgan fingerprint density at radius 3 is 2.52 bits per heavy atom. The number of carbonyl (C=O) groups excluding carboxylic acids is 1. The molecule has 0 aliphatic heterocycles. The standard InChI is InChI=1S/C18H13ClN4O2/c1-11-9-15-16(10-14(11)20-18(24)17-3-2-8-25-17)22-23(21-15)13-6-4-12(19)5-7-13/h2-10H,1H3,(H,20,24).